The lowest BCUT2D eigenvalue weighted by Crippen LogP contribution is -2.50. The van der Waals surface area contributed by atoms with Crippen molar-refractivity contribution in [2.45, 2.75) is 25.8 Å². The number of ether oxygens (including phenoxy) is 1. The van der Waals surface area contributed by atoms with Crippen LogP contribution < -0.4 is 5.73 Å². The van der Waals surface area contributed by atoms with Crippen LogP contribution in [0.4, 0.5) is 5.69 Å². The lowest BCUT2D eigenvalue weighted by atomic mass is 10.1. The molecule has 1 aromatic rings. The minimum absolute atomic E-state index is 0.112. The van der Waals surface area contributed by atoms with Gasteiger partial charge in [0.1, 0.15) is 5.82 Å². The van der Waals surface area contributed by atoms with Crippen LogP contribution in [0.3, 0.4) is 0 Å². The predicted octanol–water partition coefficient (Wildman–Crippen LogP) is 0.0155. The van der Waals surface area contributed by atoms with E-state index in [1.165, 1.54) is 6.20 Å². The van der Waals surface area contributed by atoms with Crippen molar-refractivity contribution in [3.63, 3.8) is 0 Å². The van der Waals surface area contributed by atoms with E-state index in [-0.39, 0.29) is 35.9 Å². The van der Waals surface area contributed by atoms with Gasteiger partial charge in [0, 0.05) is 12.5 Å². The molecule has 0 bridgehead atoms. The smallest absolute Gasteiger partial charge is 0.275 e. The molecule has 0 radical (unpaired) electrons. The minimum Gasteiger partial charge on any atom is -0.396 e. The topological polar surface area (TPSA) is 102 Å². The Kier molecular flexibility index (Phi) is 4.51. The first-order valence-corrected chi connectivity index (χ1v) is 6.66. The first-order valence-electron chi connectivity index (χ1n) is 6.66. The van der Waals surface area contributed by atoms with Crippen molar-refractivity contribution in [3.05, 3.63) is 17.7 Å². The number of carbonyl (C=O) groups excluding carboxylic acids is 1. The average Bonchev–Trinajstić information content (AvgIpc) is 2.46. The number of carbonyl (C=O) groups is 1. The van der Waals surface area contributed by atoms with Crippen molar-refractivity contribution in [3.8, 4) is 0 Å². The molecule has 1 aromatic heterocycles. The summed E-state index contributed by atoms with van der Waals surface area (Å²) in [5.41, 5.74) is 6.27. The molecular formula is C13H20N4O3. The Labute approximate surface area is 117 Å². The van der Waals surface area contributed by atoms with E-state index in [0.717, 1.165) is 0 Å². The number of aliphatic hydroxyl groups excluding tert-OH is 1. The maximum absolute atomic E-state index is 12.6. The highest BCUT2D eigenvalue weighted by Crippen LogP contribution is 2.18. The molecule has 0 aromatic carbocycles. The maximum Gasteiger partial charge on any atom is 0.275 e. The number of aromatic nitrogens is 2. The molecule has 1 amide bonds. The van der Waals surface area contributed by atoms with Gasteiger partial charge < -0.3 is 20.5 Å². The Morgan fingerprint density at radius 1 is 1.65 bits per heavy atom. The van der Waals surface area contributed by atoms with E-state index >= 15 is 0 Å². The van der Waals surface area contributed by atoms with E-state index in [1.54, 1.807) is 4.90 Å². The summed E-state index contributed by atoms with van der Waals surface area (Å²) in [6.07, 6.45) is 1.46. The summed E-state index contributed by atoms with van der Waals surface area (Å²) in [7, 11) is 0. The number of anilines is 1. The lowest BCUT2D eigenvalue weighted by Gasteiger charge is -2.34. The highest BCUT2D eigenvalue weighted by molar-refractivity contribution is 5.97. The Bertz CT molecular complexity index is 493. The third kappa shape index (κ3) is 2.88. The van der Waals surface area contributed by atoms with Crippen LogP contribution >= 0.6 is 0 Å². The Morgan fingerprint density at radius 2 is 2.40 bits per heavy atom. The number of nitrogens with zero attached hydrogens (tertiary/aromatic N) is 3. The van der Waals surface area contributed by atoms with Gasteiger partial charge in [0.05, 0.1) is 37.7 Å². The van der Waals surface area contributed by atoms with Gasteiger partial charge >= 0.3 is 0 Å². The van der Waals surface area contributed by atoms with Gasteiger partial charge in [0.25, 0.3) is 5.91 Å². The van der Waals surface area contributed by atoms with Crippen LogP contribution in [0.5, 0.6) is 0 Å². The molecule has 1 saturated heterocycles. The first-order chi connectivity index (χ1) is 9.54. The molecule has 110 valence electrons. The van der Waals surface area contributed by atoms with Gasteiger partial charge in [0.15, 0.2) is 5.69 Å². The number of hydrogen-bond donors (Lipinski definition) is 2. The fourth-order valence-electron chi connectivity index (χ4n) is 2.06. The number of hydrogen-bond acceptors (Lipinski definition) is 6. The average molecular weight is 280 g/mol. The van der Waals surface area contributed by atoms with Gasteiger partial charge in [-0.25, -0.2) is 9.97 Å². The van der Waals surface area contributed by atoms with Crippen LogP contribution in [-0.2, 0) is 4.74 Å². The van der Waals surface area contributed by atoms with Gasteiger partial charge in [-0.1, -0.05) is 13.8 Å². The number of rotatable bonds is 3. The fourth-order valence-corrected chi connectivity index (χ4v) is 2.06. The SMILES string of the molecule is CC(C)c1ncc(N)c(C(=O)N2CCOCC2CO)n1. The zero-order chi connectivity index (χ0) is 14.7. The maximum atomic E-state index is 12.6. The monoisotopic (exact) mass is 280 g/mol. The zero-order valence-corrected chi connectivity index (χ0v) is 11.7. The molecule has 2 heterocycles. The van der Waals surface area contributed by atoms with E-state index in [9.17, 15) is 9.90 Å². The van der Waals surface area contributed by atoms with E-state index in [0.29, 0.717) is 25.6 Å². The molecule has 1 aliphatic rings. The van der Waals surface area contributed by atoms with Crippen molar-refractivity contribution in [2.75, 3.05) is 32.1 Å². The summed E-state index contributed by atoms with van der Waals surface area (Å²) < 4.78 is 5.26. The summed E-state index contributed by atoms with van der Waals surface area (Å²) >= 11 is 0. The molecule has 0 saturated carbocycles. The van der Waals surface area contributed by atoms with Gasteiger partial charge in [-0.15, -0.1) is 0 Å². The Morgan fingerprint density at radius 3 is 3.05 bits per heavy atom. The molecule has 1 aliphatic heterocycles. The van der Waals surface area contributed by atoms with Crippen molar-refractivity contribution in [1.29, 1.82) is 0 Å². The molecular weight excluding hydrogens is 260 g/mol. The molecule has 0 aliphatic carbocycles. The van der Waals surface area contributed by atoms with Crippen LogP contribution in [0.25, 0.3) is 0 Å². The van der Waals surface area contributed by atoms with Crippen LogP contribution in [0.15, 0.2) is 6.20 Å². The highest BCUT2D eigenvalue weighted by Gasteiger charge is 2.29. The van der Waals surface area contributed by atoms with Crippen molar-refractivity contribution >= 4 is 11.6 Å². The minimum atomic E-state index is -0.354. The summed E-state index contributed by atoms with van der Waals surface area (Å²) in [6, 6.07) is -0.354. The van der Waals surface area contributed by atoms with Crippen LogP contribution in [0.1, 0.15) is 36.1 Å². The number of aliphatic hydroxyl groups is 1. The Hall–Kier alpha value is -1.73. The largest absolute Gasteiger partial charge is 0.396 e. The van der Waals surface area contributed by atoms with Crippen molar-refractivity contribution in [1.82, 2.24) is 14.9 Å². The normalized spacial score (nSPS) is 19.4. The third-order valence-electron chi connectivity index (χ3n) is 3.25. The molecule has 2 rings (SSSR count). The number of amides is 1. The molecule has 1 atom stereocenters. The second kappa shape index (κ2) is 6.15. The van der Waals surface area contributed by atoms with E-state index in [4.69, 9.17) is 10.5 Å². The van der Waals surface area contributed by atoms with Crippen LogP contribution in [0.2, 0.25) is 0 Å². The molecule has 1 fully saturated rings. The summed E-state index contributed by atoms with van der Waals surface area (Å²) in [5, 5.41) is 9.33. The van der Waals surface area contributed by atoms with Gasteiger partial charge in [-0.05, 0) is 0 Å². The fraction of sp³-hybridized carbons (Fsp3) is 0.615. The molecule has 7 heteroatoms. The summed E-state index contributed by atoms with van der Waals surface area (Å²) in [6.45, 7) is 4.95. The van der Waals surface area contributed by atoms with Gasteiger partial charge in [-0.3, -0.25) is 4.79 Å². The first kappa shape index (κ1) is 14.7. The number of nitrogen functional groups attached to an aromatic ring is 1. The predicted molar refractivity (Wildman–Crippen MR) is 73.3 cm³/mol. The molecule has 1 unspecified atom stereocenters. The van der Waals surface area contributed by atoms with E-state index in [2.05, 4.69) is 9.97 Å². The lowest BCUT2D eigenvalue weighted by molar-refractivity contribution is -0.0186. The zero-order valence-electron chi connectivity index (χ0n) is 11.7. The highest BCUT2D eigenvalue weighted by atomic mass is 16.5. The number of morpholine rings is 1. The van der Waals surface area contributed by atoms with Gasteiger partial charge in [-0.2, -0.15) is 0 Å². The standard InChI is InChI=1S/C13H20N4O3/c1-8(2)12-15-5-10(14)11(16-12)13(19)17-3-4-20-7-9(17)6-18/h5,8-9,18H,3-4,6-7,14H2,1-2H3. The van der Waals surface area contributed by atoms with Crippen molar-refractivity contribution < 1.29 is 14.6 Å². The second-order valence-corrected chi connectivity index (χ2v) is 5.10. The summed E-state index contributed by atoms with van der Waals surface area (Å²) in [5.74, 6) is 0.408. The second-order valence-electron chi connectivity index (χ2n) is 5.10. The van der Waals surface area contributed by atoms with E-state index < -0.39 is 0 Å². The Balaban J connectivity index is 2.29. The quantitative estimate of drug-likeness (QED) is 0.809. The molecule has 3 N–H and O–H groups in total. The number of nitrogens with two attached hydrogens (primary N) is 1. The third-order valence-corrected chi connectivity index (χ3v) is 3.25. The van der Waals surface area contributed by atoms with Gasteiger partial charge in [0.2, 0.25) is 0 Å². The van der Waals surface area contributed by atoms with Crippen LogP contribution in [0, 0.1) is 0 Å². The van der Waals surface area contributed by atoms with Crippen LogP contribution in [-0.4, -0.2) is 58.3 Å². The molecule has 7 nitrogen and oxygen atoms in total. The molecule has 20 heavy (non-hydrogen) atoms. The summed E-state index contributed by atoms with van der Waals surface area (Å²) in [4.78, 5) is 22.5. The molecule has 0 spiro atoms. The van der Waals surface area contributed by atoms with Crippen molar-refractivity contribution in [2.24, 2.45) is 0 Å². The van der Waals surface area contributed by atoms with E-state index in [1.807, 2.05) is 13.8 Å².